The van der Waals surface area contributed by atoms with Crippen molar-refractivity contribution in [2.75, 3.05) is 7.11 Å². The second-order valence-corrected chi connectivity index (χ2v) is 14.2. The van der Waals surface area contributed by atoms with Gasteiger partial charge in [0, 0.05) is 5.56 Å². The Morgan fingerprint density at radius 2 is 1.19 bits per heavy atom. The molecule has 43 heavy (non-hydrogen) atoms. The number of ether oxygens (including phenoxy) is 2. The number of benzene rings is 5. The minimum Gasteiger partial charge on any atom is -0.497 e. The number of rotatable bonds is 11. The van der Waals surface area contributed by atoms with E-state index in [1.165, 1.54) is 15.9 Å². The van der Waals surface area contributed by atoms with E-state index in [4.69, 9.17) is 17.3 Å². The van der Waals surface area contributed by atoms with Gasteiger partial charge in [0.2, 0.25) is 0 Å². The van der Waals surface area contributed by atoms with Crippen LogP contribution < -0.4 is 30.9 Å². The molecule has 0 heterocycles. The molecule has 0 fully saturated rings. The van der Waals surface area contributed by atoms with Gasteiger partial charge < -0.3 is 9.47 Å². The third kappa shape index (κ3) is 5.90. The topological polar surface area (TPSA) is 35.5 Å². The van der Waals surface area contributed by atoms with Gasteiger partial charge in [-0.2, -0.15) is 0 Å². The lowest BCUT2D eigenvalue weighted by Gasteiger charge is -2.32. The van der Waals surface area contributed by atoms with E-state index < -0.39 is 12.7 Å². The molecule has 0 atom stereocenters. The van der Waals surface area contributed by atoms with Gasteiger partial charge in [0.15, 0.2) is 0 Å². The van der Waals surface area contributed by atoms with Crippen LogP contribution in [-0.2, 0) is 16.4 Å². The van der Waals surface area contributed by atoms with Crippen molar-refractivity contribution in [1.82, 2.24) is 0 Å². The highest BCUT2D eigenvalue weighted by Gasteiger charge is 2.46. The van der Waals surface area contributed by atoms with E-state index >= 15 is 0 Å². The van der Waals surface area contributed by atoms with E-state index in [1.807, 2.05) is 44.2 Å². The molecule has 0 unspecified atom stereocenters. The maximum Gasteiger partial charge on any atom is 0.321 e. The lowest BCUT2D eigenvalue weighted by molar-refractivity contribution is -0.141. The molecular formula is C38H37BO3P+. The summed E-state index contributed by atoms with van der Waals surface area (Å²) in [4.78, 5) is 14.3. The molecule has 5 aromatic carbocycles. The first-order chi connectivity index (χ1) is 21.0. The van der Waals surface area contributed by atoms with Crippen molar-refractivity contribution in [3.63, 3.8) is 0 Å². The van der Waals surface area contributed by atoms with Crippen molar-refractivity contribution in [3.8, 4) is 11.5 Å². The molecule has 5 heteroatoms. The molecule has 0 saturated heterocycles. The molecule has 5 aromatic rings. The summed E-state index contributed by atoms with van der Waals surface area (Å²) in [6, 6.07) is 45.6. The summed E-state index contributed by atoms with van der Waals surface area (Å²) in [5, 5.41) is 3.82. The minimum atomic E-state index is -2.20. The van der Waals surface area contributed by atoms with Crippen LogP contribution >= 0.6 is 7.26 Å². The highest BCUT2D eigenvalue weighted by atomic mass is 31.2. The predicted octanol–water partition coefficient (Wildman–Crippen LogP) is 6.65. The molecule has 214 valence electrons. The fraction of sp³-hybridized carbons (Fsp3) is 0.184. The summed E-state index contributed by atoms with van der Waals surface area (Å²) >= 11 is 0. The molecule has 3 nitrogen and oxygen atoms in total. The summed E-state index contributed by atoms with van der Waals surface area (Å²) in [5.41, 5.74) is 1.35. The quantitative estimate of drug-likeness (QED) is 0.0757. The van der Waals surface area contributed by atoms with Crippen molar-refractivity contribution in [2.45, 2.75) is 38.3 Å². The van der Waals surface area contributed by atoms with Gasteiger partial charge in [0.05, 0.1) is 12.5 Å². The number of carbonyl (C=O) groups excluding carboxylic acids is 1. The maximum atomic E-state index is 14.3. The highest BCUT2D eigenvalue weighted by molar-refractivity contribution is 7.95. The SMILES string of the molecule is [B]c1ccc(OC)cc1C(CC)(CC)C(=O)Oc1ccccc1C[P+](c1ccccc1)(c1ccccc1)c1ccccc1. The standard InChI is InChI=1S/C38H37BO3P/c1-4-38(5-2,34-27-30(41-3)25-26-35(34)39)37(40)42-36-24-16-15-17-29(36)28-43(31-18-9-6-10-19-31,32-20-11-7-12-21-32)33-22-13-8-14-23-33/h6-27H,4-5,28H2,1-3H3/q+1. The maximum absolute atomic E-state index is 14.3. The molecule has 0 saturated carbocycles. The first-order valence-corrected chi connectivity index (χ1v) is 16.7. The Balaban J connectivity index is 1.63. The van der Waals surface area contributed by atoms with Crippen LogP contribution in [0.4, 0.5) is 0 Å². The molecule has 2 radical (unpaired) electrons. The zero-order valence-corrected chi connectivity index (χ0v) is 26.0. The largest absolute Gasteiger partial charge is 0.497 e. The number of hydrogen-bond donors (Lipinski definition) is 0. The molecule has 0 aliphatic heterocycles. The predicted molar refractivity (Wildman–Crippen MR) is 182 cm³/mol. The van der Waals surface area contributed by atoms with Gasteiger partial charge in [-0.25, -0.2) is 0 Å². The smallest absolute Gasteiger partial charge is 0.321 e. The zero-order chi connectivity index (χ0) is 30.3. The Labute approximate surface area is 257 Å². The van der Waals surface area contributed by atoms with E-state index in [9.17, 15) is 4.79 Å². The highest BCUT2D eigenvalue weighted by Crippen LogP contribution is 2.59. The van der Waals surface area contributed by atoms with Gasteiger partial charge >= 0.3 is 5.97 Å². The first kappa shape index (κ1) is 30.3. The normalized spacial score (nSPS) is 11.6. The molecular weight excluding hydrogens is 546 g/mol. The second kappa shape index (κ2) is 13.4. The molecule has 0 spiro atoms. The summed E-state index contributed by atoms with van der Waals surface area (Å²) in [6.45, 7) is 4.01. The van der Waals surface area contributed by atoms with E-state index in [0.717, 1.165) is 11.1 Å². The molecule has 0 bridgehead atoms. The molecule has 0 N–H and O–H groups in total. The number of para-hydroxylation sites is 1. The van der Waals surface area contributed by atoms with E-state index in [0.29, 0.717) is 36.0 Å². The van der Waals surface area contributed by atoms with E-state index in [1.54, 1.807) is 13.2 Å². The fourth-order valence-corrected chi connectivity index (χ4v) is 10.3. The van der Waals surface area contributed by atoms with Crippen LogP contribution in [-0.4, -0.2) is 20.9 Å². The van der Waals surface area contributed by atoms with E-state index in [-0.39, 0.29) is 5.97 Å². The molecule has 0 aromatic heterocycles. The Kier molecular flexibility index (Phi) is 9.48. The average molecular weight is 583 g/mol. The van der Waals surface area contributed by atoms with Crippen LogP contribution in [0.15, 0.2) is 133 Å². The summed E-state index contributed by atoms with van der Waals surface area (Å²) in [5.74, 6) is 0.923. The van der Waals surface area contributed by atoms with Crippen LogP contribution in [0.25, 0.3) is 0 Å². The fourth-order valence-electron chi connectivity index (χ4n) is 6.06. The van der Waals surface area contributed by atoms with Crippen molar-refractivity contribution < 1.29 is 14.3 Å². The van der Waals surface area contributed by atoms with Crippen molar-refractivity contribution >= 4 is 42.5 Å². The monoisotopic (exact) mass is 583 g/mol. The van der Waals surface area contributed by atoms with Crippen molar-refractivity contribution in [1.29, 1.82) is 0 Å². The van der Waals surface area contributed by atoms with E-state index in [2.05, 4.69) is 97.1 Å². The summed E-state index contributed by atoms with van der Waals surface area (Å²) < 4.78 is 11.9. The van der Waals surface area contributed by atoms with Gasteiger partial charge in [-0.1, -0.05) is 98.2 Å². The van der Waals surface area contributed by atoms with Gasteiger partial charge in [0.25, 0.3) is 0 Å². The minimum absolute atomic E-state index is 0.312. The summed E-state index contributed by atoms with van der Waals surface area (Å²) in [6.07, 6.45) is 1.77. The Morgan fingerprint density at radius 3 is 1.67 bits per heavy atom. The third-order valence-corrected chi connectivity index (χ3v) is 12.9. The lowest BCUT2D eigenvalue weighted by atomic mass is 9.70. The summed E-state index contributed by atoms with van der Waals surface area (Å²) in [7, 11) is 5.87. The van der Waals surface area contributed by atoms with Gasteiger partial charge in [-0.05, 0) is 73.0 Å². The zero-order valence-electron chi connectivity index (χ0n) is 25.1. The number of methoxy groups -OCH3 is 1. The lowest BCUT2D eigenvalue weighted by Crippen LogP contribution is -2.42. The van der Waals surface area contributed by atoms with Gasteiger partial charge in [-0.3, -0.25) is 4.79 Å². The van der Waals surface area contributed by atoms with Crippen LogP contribution in [0.3, 0.4) is 0 Å². The molecule has 0 aliphatic carbocycles. The first-order valence-electron chi connectivity index (χ1n) is 14.8. The number of esters is 1. The average Bonchev–Trinajstić information content (AvgIpc) is 3.07. The van der Waals surface area contributed by atoms with Gasteiger partial charge in [-0.15, -0.1) is 0 Å². The molecule has 5 rings (SSSR count). The Bertz CT molecular complexity index is 1550. The van der Waals surface area contributed by atoms with Crippen LogP contribution in [0.1, 0.15) is 37.8 Å². The number of carbonyl (C=O) groups is 1. The van der Waals surface area contributed by atoms with Crippen LogP contribution in [0.5, 0.6) is 11.5 Å². The Morgan fingerprint density at radius 1 is 0.698 bits per heavy atom. The van der Waals surface area contributed by atoms with Crippen molar-refractivity contribution in [3.05, 3.63) is 145 Å². The molecule has 0 amide bonds. The van der Waals surface area contributed by atoms with Crippen LogP contribution in [0.2, 0.25) is 0 Å². The van der Waals surface area contributed by atoms with Gasteiger partial charge in [0.1, 0.15) is 48.7 Å². The van der Waals surface area contributed by atoms with Crippen LogP contribution in [0, 0.1) is 0 Å². The third-order valence-electron chi connectivity index (χ3n) is 8.55. The Hall–Kier alpha value is -4.14. The molecule has 0 aliphatic rings. The second-order valence-electron chi connectivity index (χ2n) is 10.7. The van der Waals surface area contributed by atoms with Crippen molar-refractivity contribution in [2.24, 2.45) is 0 Å². The number of hydrogen-bond acceptors (Lipinski definition) is 3.